The standard InChI is InChI=1S/C10H16.Ca.2H/c1-6-7(2)9(4)10(5)8(6)3;;;/h6H,1-5H3;;;/q;+2;2*-1. The first-order chi connectivity index (χ1) is 4.55. The molecular formula is C10H18Ca. The Morgan fingerprint density at radius 2 is 1.18 bits per heavy atom. The molecule has 0 bridgehead atoms. The van der Waals surface area contributed by atoms with Gasteiger partial charge in [0.15, 0.2) is 0 Å². The monoisotopic (exact) mass is 178 g/mol. The molecule has 0 spiro atoms. The fourth-order valence-electron chi connectivity index (χ4n) is 1.57. The summed E-state index contributed by atoms with van der Waals surface area (Å²) in [6, 6.07) is 0. The molecule has 0 unspecified atom stereocenters. The molecule has 1 aliphatic rings. The van der Waals surface area contributed by atoms with Gasteiger partial charge in [0, 0.05) is 0 Å². The molecule has 0 amide bonds. The second-order valence-electron chi connectivity index (χ2n) is 3.34. The Morgan fingerprint density at radius 3 is 1.27 bits per heavy atom. The van der Waals surface area contributed by atoms with Crippen LogP contribution in [-0.4, -0.2) is 37.7 Å². The number of hydrogen-bond donors (Lipinski definition) is 0. The maximum absolute atomic E-state index is 2.28. The molecule has 1 rings (SSSR count). The van der Waals surface area contributed by atoms with Crippen LogP contribution in [-0.2, 0) is 0 Å². The minimum absolute atomic E-state index is 0. The molecule has 1 aliphatic carbocycles. The van der Waals surface area contributed by atoms with Crippen molar-refractivity contribution in [2.45, 2.75) is 34.6 Å². The van der Waals surface area contributed by atoms with E-state index in [-0.39, 0.29) is 40.6 Å². The van der Waals surface area contributed by atoms with Gasteiger partial charge in [-0.05, 0) is 44.8 Å². The largest absolute Gasteiger partial charge is 2.00 e. The van der Waals surface area contributed by atoms with Crippen LogP contribution in [0, 0.1) is 5.92 Å². The zero-order valence-electron chi connectivity index (χ0n) is 10.3. The quantitative estimate of drug-likeness (QED) is 0.500. The SMILES string of the molecule is CC1=C(C)C(C)C(C)=C1C.[Ca+2].[H-].[H-]. The first-order valence-corrected chi connectivity index (χ1v) is 3.90. The van der Waals surface area contributed by atoms with E-state index in [0.29, 0.717) is 5.92 Å². The Kier molecular flexibility index (Phi) is 4.39. The summed E-state index contributed by atoms with van der Waals surface area (Å²) in [5, 5.41) is 0. The average molecular weight is 178 g/mol. The van der Waals surface area contributed by atoms with Crippen LogP contribution in [0.4, 0.5) is 0 Å². The zero-order valence-corrected chi connectivity index (χ0v) is 10.5. The van der Waals surface area contributed by atoms with Crippen molar-refractivity contribution < 1.29 is 2.85 Å². The predicted octanol–water partition coefficient (Wildman–Crippen LogP) is 3.15. The van der Waals surface area contributed by atoms with Crippen LogP contribution in [0.25, 0.3) is 0 Å². The average Bonchev–Trinajstić information content (AvgIpc) is 2.07. The summed E-state index contributed by atoms with van der Waals surface area (Å²) >= 11 is 0. The van der Waals surface area contributed by atoms with Crippen LogP contribution in [0.2, 0.25) is 0 Å². The van der Waals surface area contributed by atoms with E-state index in [1.54, 1.807) is 11.1 Å². The predicted molar refractivity (Wildman–Crippen MR) is 53.9 cm³/mol. The van der Waals surface area contributed by atoms with Gasteiger partial charge in [0.25, 0.3) is 0 Å². The van der Waals surface area contributed by atoms with Crippen molar-refractivity contribution in [1.82, 2.24) is 0 Å². The summed E-state index contributed by atoms with van der Waals surface area (Å²) in [5.41, 5.74) is 6.11. The molecule has 60 valence electrons. The van der Waals surface area contributed by atoms with Crippen LogP contribution >= 0.6 is 0 Å². The van der Waals surface area contributed by atoms with Crippen molar-refractivity contribution in [1.29, 1.82) is 0 Å². The van der Waals surface area contributed by atoms with E-state index < -0.39 is 0 Å². The first-order valence-electron chi connectivity index (χ1n) is 3.90. The van der Waals surface area contributed by atoms with Gasteiger partial charge >= 0.3 is 37.7 Å². The third-order valence-electron chi connectivity index (χ3n) is 3.04. The summed E-state index contributed by atoms with van der Waals surface area (Å²) in [6.07, 6.45) is 0. The van der Waals surface area contributed by atoms with Crippen molar-refractivity contribution in [3.05, 3.63) is 22.3 Å². The Morgan fingerprint density at radius 1 is 0.909 bits per heavy atom. The number of allylic oxidation sites excluding steroid dienone is 4. The van der Waals surface area contributed by atoms with Crippen LogP contribution in [0.15, 0.2) is 22.3 Å². The first kappa shape index (κ1) is 11.7. The van der Waals surface area contributed by atoms with Gasteiger partial charge in [-0.25, -0.2) is 0 Å². The van der Waals surface area contributed by atoms with Gasteiger partial charge < -0.3 is 2.85 Å². The van der Waals surface area contributed by atoms with Gasteiger partial charge in [-0.15, -0.1) is 0 Å². The van der Waals surface area contributed by atoms with Gasteiger partial charge in [-0.3, -0.25) is 0 Å². The van der Waals surface area contributed by atoms with Crippen LogP contribution in [0.3, 0.4) is 0 Å². The minimum Gasteiger partial charge on any atom is -1.00 e. The van der Waals surface area contributed by atoms with E-state index in [1.165, 1.54) is 11.1 Å². The van der Waals surface area contributed by atoms with Crippen LogP contribution in [0.5, 0.6) is 0 Å². The Bertz CT molecular complexity index is 205. The van der Waals surface area contributed by atoms with E-state index in [1.807, 2.05) is 0 Å². The summed E-state index contributed by atoms with van der Waals surface area (Å²) < 4.78 is 0. The van der Waals surface area contributed by atoms with Gasteiger partial charge in [0.05, 0.1) is 0 Å². The smallest absolute Gasteiger partial charge is 1.00 e. The molecule has 0 aliphatic heterocycles. The summed E-state index contributed by atoms with van der Waals surface area (Å²) in [7, 11) is 0. The molecule has 0 saturated heterocycles. The van der Waals surface area contributed by atoms with Crippen molar-refractivity contribution in [3.8, 4) is 0 Å². The molecule has 1 heteroatoms. The molecule has 0 heterocycles. The molecular weight excluding hydrogens is 160 g/mol. The molecule has 11 heavy (non-hydrogen) atoms. The van der Waals surface area contributed by atoms with Gasteiger partial charge in [-0.1, -0.05) is 18.1 Å². The second kappa shape index (κ2) is 4.11. The molecule has 0 aromatic heterocycles. The maximum Gasteiger partial charge on any atom is 2.00 e. The molecule has 0 saturated carbocycles. The van der Waals surface area contributed by atoms with E-state index in [9.17, 15) is 0 Å². The molecule has 0 atom stereocenters. The van der Waals surface area contributed by atoms with Gasteiger partial charge in [-0.2, -0.15) is 0 Å². The summed E-state index contributed by atoms with van der Waals surface area (Å²) in [5.74, 6) is 0.694. The fraction of sp³-hybridized carbons (Fsp3) is 0.600. The minimum atomic E-state index is 0. The van der Waals surface area contributed by atoms with Crippen molar-refractivity contribution in [2.75, 3.05) is 0 Å². The summed E-state index contributed by atoms with van der Waals surface area (Å²) in [6.45, 7) is 11.2. The number of hydrogen-bond acceptors (Lipinski definition) is 0. The van der Waals surface area contributed by atoms with Crippen molar-refractivity contribution in [3.63, 3.8) is 0 Å². The zero-order chi connectivity index (χ0) is 7.89. The van der Waals surface area contributed by atoms with Gasteiger partial charge in [0.1, 0.15) is 0 Å². The van der Waals surface area contributed by atoms with E-state index in [2.05, 4.69) is 34.6 Å². The van der Waals surface area contributed by atoms with E-state index >= 15 is 0 Å². The third-order valence-corrected chi connectivity index (χ3v) is 3.04. The molecule has 0 N–H and O–H groups in total. The molecule has 0 fully saturated rings. The molecule has 0 aromatic carbocycles. The topological polar surface area (TPSA) is 0 Å². The molecule has 0 radical (unpaired) electrons. The fourth-order valence-corrected chi connectivity index (χ4v) is 1.57. The van der Waals surface area contributed by atoms with Crippen LogP contribution < -0.4 is 0 Å². The second-order valence-corrected chi connectivity index (χ2v) is 3.34. The van der Waals surface area contributed by atoms with Crippen LogP contribution in [0.1, 0.15) is 37.5 Å². The van der Waals surface area contributed by atoms with E-state index in [0.717, 1.165) is 0 Å². The third kappa shape index (κ3) is 1.91. The normalized spacial score (nSPS) is 19.4. The van der Waals surface area contributed by atoms with Crippen molar-refractivity contribution >= 4 is 37.7 Å². The molecule has 0 aromatic rings. The Balaban J connectivity index is -0.000000333. The molecule has 0 nitrogen and oxygen atoms in total. The number of rotatable bonds is 0. The Hall–Kier alpha value is 0.740. The Labute approximate surface area is 103 Å². The summed E-state index contributed by atoms with van der Waals surface area (Å²) in [4.78, 5) is 0. The maximum atomic E-state index is 2.28. The van der Waals surface area contributed by atoms with E-state index in [4.69, 9.17) is 0 Å². The van der Waals surface area contributed by atoms with Crippen molar-refractivity contribution in [2.24, 2.45) is 5.92 Å². The van der Waals surface area contributed by atoms with Gasteiger partial charge in [0.2, 0.25) is 0 Å².